The van der Waals surface area contributed by atoms with E-state index in [0.29, 0.717) is 0 Å². The van der Waals surface area contributed by atoms with E-state index in [1.807, 2.05) is 0 Å². The number of hydrogen-bond donors (Lipinski definition) is 0. The summed E-state index contributed by atoms with van der Waals surface area (Å²) in [6.45, 7) is 0. The third kappa shape index (κ3) is 23.7. The van der Waals surface area contributed by atoms with Crippen molar-refractivity contribution in [2.45, 2.75) is 0 Å². The molecule has 0 aliphatic heterocycles. The molecule has 34 valence electrons. The predicted octanol–water partition coefficient (Wildman–Crippen LogP) is -12.4. The average molecular weight is 351 g/mol. The van der Waals surface area contributed by atoms with Gasteiger partial charge in [-0.2, -0.15) is 0 Å². The van der Waals surface area contributed by atoms with Gasteiger partial charge >= 0.3 is 26.2 Å². The first-order chi connectivity index (χ1) is 0. The SMILES string of the molecule is [Bi+3].[Cl-].[Cl-].[Cl-].[Cl-]. The first-order valence-corrected chi connectivity index (χ1v) is 0. The Balaban J connectivity index is 0. The maximum atomic E-state index is 0. The molecule has 0 saturated carbocycles. The van der Waals surface area contributed by atoms with Crippen molar-refractivity contribution in [2.75, 3.05) is 0 Å². The zero-order chi connectivity index (χ0) is 0. The fourth-order valence-corrected chi connectivity index (χ4v) is 0. The second kappa shape index (κ2) is 36.8. The Morgan fingerprint density at radius 2 is 0.400 bits per heavy atom. The summed E-state index contributed by atoms with van der Waals surface area (Å²) in [5.41, 5.74) is 0. The van der Waals surface area contributed by atoms with Crippen LogP contribution in [-0.4, -0.2) is 26.2 Å². The maximum absolute atomic E-state index is 0. The Labute approximate surface area is 75.2 Å². The molecule has 5 heavy (non-hydrogen) atoms. The maximum Gasteiger partial charge on any atom is 3.00 e. The van der Waals surface area contributed by atoms with Gasteiger partial charge in [-0.05, 0) is 0 Å². The van der Waals surface area contributed by atoms with E-state index in [4.69, 9.17) is 0 Å². The molecule has 0 aromatic heterocycles. The van der Waals surface area contributed by atoms with Gasteiger partial charge in [0.2, 0.25) is 0 Å². The van der Waals surface area contributed by atoms with E-state index >= 15 is 0 Å². The molecule has 0 spiro atoms. The van der Waals surface area contributed by atoms with Crippen molar-refractivity contribution in [1.82, 2.24) is 0 Å². The zero-order valence-corrected chi connectivity index (χ0v) is 8.46. The molecule has 0 bridgehead atoms. The van der Waals surface area contributed by atoms with E-state index in [-0.39, 0.29) is 75.8 Å². The molecule has 0 aliphatic carbocycles. The molecule has 0 fully saturated rings. The average Bonchev–Trinajstić information content (AvgIpc) is 0. The summed E-state index contributed by atoms with van der Waals surface area (Å²) in [6.07, 6.45) is 0. The number of hydrogen-bond acceptors (Lipinski definition) is 0. The summed E-state index contributed by atoms with van der Waals surface area (Å²) in [5, 5.41) is 0. The van der Waals surface area contributed by atoms with Crippen molar-refractivity contribution in [3.8, 4) is 0 Å². The van der Waals surface area contributed by atoms with Crippen LogP contribution in [0.3, 0.4) is 0 Å². The molecule has 0 saturated heterocycles. The topological polar surface area (TPSA) is 0 Å². The quantitative estimate of drug-likeness (QED) is 0.381. The summed E-state index contributed by atoms with van der Waals surface area (Å²) in [5.74, 6) is 0. The van der Waals surface area contributed by atoms with E-state index in [1.54, 1.807) is 0 Å². The van der Waals surface area contributed by atoms with Crippen LogP contribution in [0.2, 0.25) is 0 Å². The molecule has 0 aromatic carbocycles. The van der Waals surface area contributed by atoms with Crippen molar-refractivity contribution < 1.29 is 49.6 Å². The summed E-state index contributed by atoms with van der Waals surface area (Å²) < 4.78 is 0. The van der Waals surface area contributed by atoms with E-state index in [0.717, 1.165) is 0 Å². The molecule has 2 radical (unpaired) electrons. The van der Waals surface area contributed by atoms with E-state index in [2.05, 4.69) is 0 Å². The summed E-state index contributed by atoms with van der Waals surface area (Å²) in [4.78, 5) is 0. The van der Waals surface area contributed by atoms with Crippen LogP contribution in [0, 0.1) is 0 Å². The van der Waals surface area contributed by atoms with Crippen molar-refractivity contribution >= 4 is 26.2 Å². The minimum absolute atomic E-state index is 0. The van der Waals surface area contributed by atoms with Gasteiger partial charge in [0.25, 0.3) is 0 Å². The van der Waals surface area contributed by atoms with Gasteiger partial charge in [-0.15, -0.1) is 0 Å². The van der Waals surface area contributed by atoms with Crippen LogP contribution in [0.5, 0.6) is 0 Å². The van der Waals surface area contributed by atoms with E-state index < -0.39 is 0 Å². The standard InChI is InChI=1S/Bi.4ClH/h;4*1H/q+3;;;;/p-4. The zero-order valence-electron chi connectivity index (χ0n) is 1.96. The van der Waals surface area contributed by atoms with Gasteiger partial charge in [0, 0.05) is 0 Å². The van der Waals surface area contributed by atoms with Gasteiger partial charge in [-0.1, -0.05) is 0 Å². The molecule has 0 heterocycles. The molecule has 0 nitrogen and oxygen atoms in total. The first-order valence-electron chi connectivity index (χ1n) is 0. The molecule has 5 heteroatoms. The van der Waals surface area contributed by atoms with Crippen LogP contribution < -0.4 is 49.6 Å². The molecule has 0 aromatic rings. The number of halogens is 4. The Bertz CT molecular complexity index is 3.61. The van der Waals surface area contributed by atoms with Crippen molar-refractivity contribution in [2.24, 2.45) is 0 Å². The second-order valence-corrected chi connectivity index (χ2v) is 0. The van der Waals surface area contributed by atoms with Crippen LogP contribution in [0.4, 0.5) is 0 Å². The Morgan fingerprint density at radius 1 is 0.400 bits per heavy atom. The van der Waals surface area contributed by atoms with Gasteiger partial charge < -0.3 is 49.6 Å². The Morgan fingerprint density at radius 3 is 0.400 bits per heavy atom. The molecule has 0 aliphatic rings. The van der Waals surface area contributed by atoms with Gasteiger partial charge in [-0.25, -0.2) is 0 Å². The molecule has 0 N–H and O–H groups in total. The summed E-state index contributed by atoms with van der Waals surface area (Å²) in [6, 6.07) is 0. The van der Waals surface area contributed by atoms with Crippen LogP contribution in [0.15, 0.2) is 0 Å². The van der Waals surface area contributed by atoms with Crippen LogP contribution in [0.1, 0.15) is 0 Å². The monoisotopic (exact) mass is 349 g/mol. The fraction of sp³-hybridized carbons (Fsp3) is 0. The van der Waals surface area contributed by atoms with Gasteiger partial charge in [-0.3, -0.25) is 0 Å². The van der Waals surface area contributed by atoms with Gasteiger partial charge in [0.15, 0.2) is 0 Å². The van der Waals surface area contributed by atoms with Crippen molar-refractivity contribution in [3.63, 3.8) is 0 Å². The van der Waals surface area contributed by atoms with Crippen LogP contribution in [-0.2, 0) is 0 Å². The van der Waals surface area contributed by atoms with Crippen molar-refractivity contribution in [3.05, 3.63) is 0 Å². The smallest absolute Gasteiger partial charge is 1.00 e. The second-order valence-electron chi connectivity index (χ2n) is 0. The molecule has 0 rings (SSSR count). The Hall–Kier alpha value is 2.04. The predicted molar refractivity (Wildman–Crippen MR) is 5.75 cm³/mol. The molecule has 0 atom stereocenters. The molecule has 0 unspecified atom stereocenters. The third-order valence-corrected chi connectivity index (χ3v) is 0. The summed E-state index contributed by atoms with van der Waals surface area (Å²) >= 11 is 0. The van der Waals surface area contributed by atoms with Gasteiger partial charge in [0.05, 0.1) is 0 Å². The summed E-state index contributed by atoms with van der Waals surface area (Å²) in [7, 11) is 0. The van der Waals surface area contributed by atoms with Gasteiger partial charge in [0.1, 0.15) is 0 Å². The minimum Gasteiger partial charge on any atom is -1.00 e. The van der Waals surface area contributed by atoms with Crippen LogP contribution in [0.25, 0.3) is 0 Å². The molecular formula is BiCl4-. The third-order valence-electron chi connectivity index (χ3n) is 0. The first kappa shape index (κ1) is 61.6. The molecule has 0 amide bonds. The largest absolute Gasteiger partial charge is 3.00 e. The normalized spacial score (nSPS) is 0. The van der Waals surface area contributed by atoms with Crippen LogP contribution >= 0.6 is 0 Å². The minimum atomic E-state index is 0. The van der Waals surface area contributed by atoms with E-state index in [1.165, 1.54) is 0 Å². The fourth-order valence-electron chi connectivity index (χ4n) is 0. The van der Waals surface area contributed by atoms with E-state index in [9.17, 15) is 0 Å². The Kier molecular flexibility index (Phi) is 454. The number of rotatable bonds is 0. The van der Waals surface area contributed by atoms with Crippen molar-refractivity contribution in [1.29, 1.82) is 0 Å². The molecular weight excluding hydrogens is 351 g/mol.